The van der Waals surface area contributed by atoms with E-state index in [9.17, 15) is 0 Å². The second-order valence-electron chi connectivity index (χ2n) is 4.59. The third kappa shape index (κ3) is 6.67. The van der Waals surface area contributed by atoms with E-state index in [4.69, 9.17) is 15.2 Å². The molecule has 0 aliphatic rings. The van der Waals surface area contributed by atoms with E-state index in [0.717, 1.165) is 18.0 Å². The number of ether oxygens (including phenoxy) is 2. The van der Waals surface area contributed by atoms with Crippen molar-refractivity contribution in [3.63, 3.8) is 0 Å². The maximum Gasteiger partial charge on any atom is 0.193 e. The second-order valence-corrected chi connectivity index (χ2v) is 4.59. The first-order chi connectivity index (χ1) is 9.11. The molecule has 0 radical (unpaired) electrons. The number of rotatable bonds is 7. The van der Waals surface area contributed by atoms with Crippen LogP contribution in [0.1, 0.15) is 13.8 Å². The monoisotopic (exact) mass is 265 g/mol. The molecule has 0 aliphatic heterocycles. The van der Waals surface area contributed by atoms with Crippen LogP contribution in [0.5, 0.6) is 5.75 Å². The van der Waals surface area contributed by atoms with Crippen molar-refractivity contribution in [2.45, 2.75) is 13.8 Å². The number of guanidine groups is 1. The lowest BCUT2D eigenvalue weighted by molar-refractivity contribution is 0.117. The van der Waals surface area contributed by atoms with E-state index in [0.29, 0.717) is 25.0 Å². The quantitative estimate of drug-likeness (QED) is 0.450. The highest BCUT2D eigenvalue weighted by molar-refractivity contribution is 5.92. The summed E-state index contributed by atoms with van der Waals surface area (Å²) in [6, 6.07) is 7.52. The van der Waals surface area contributed by atoms with Gasteiger partial charge in [0, 0.05) is 18.4 Å². The van der Waals surface area contributed by atoms with E-state index in [1.807, 2.05) is 24.3 Å². The average molecular weight is 265 g/mol. The fourth-order valence-corrected chi connectivity index (χ4v) is 1.44. The average Bonchev–Trinajstić information content (AvgIpc) is 2.38. The summed E-state index contributed by atoms with van der Waals surface area (Å²) < 4.78 is 10.6. The number of nitrogens with one attached hydrogen (secondary N) is 1. The standard InChI is InChI=1S/C14H23N3O2/c1-11(2)10-19-8-7-16-14(15)17-12-5-4-6-13(9-12)18-3/h4-6,9,11H,7-8,10H2,1-3H3,(H3,15,16,17). The minimum atomic E-state index is 0.376. The predicted octanol–water partition coefficient (Wildman–Crippen LogP) is 2.09. The smallest absolute Gasteiger partial charge is 0.193 e. The van der Waals surface area contributed by atoms with Gasteiger partial charge in [0.05, 0.1) is 20.3 Å². The largest absolute Gasteiger partial charge is 0.497 e. The van der Waals surface area contributed by atoms with Crippen LogP contribution in [0.25, 0.3) is 0 Å². The Labute approximate surface area is 114 Å². The Morgan fingerprint density at radius 2 is 2.21 bits per heavy atom. The molecule has 5 nitrogen and oxygen atoms in total. The van der Waals surface area contributed by atoms with Crippen LogP contribution < -0.4 is 15.8 Å². The van der Waals surface area contributed by atoms with Gasteiger partial charge in [0.15, 0.2) is 5.96 Å². The molecule has 0 aromatic heterocycles. The summed E-state index contributed by atoms with van der Waals surface area (Å²) in [6.07, 6.45) is 0. The van der Waals surface area contributed by atoms with E-state index < -0.39 is 0 Å². The summed E-state index contributed by atoms with van der Waals surface area (Å²) in [5.74, 6) is 1.69. The van der Waals surface area contributed by atoms with Crippen molar-refractivity contribution >= 4 is 11.6 Å². The van der Waals surface area contributed by atoms with E-state index in [2.05, 4.69) is 24.2 Å². The molecule has 0 saturated heterocycles. The zero-order chi connectivity index (χ0) is 14.1. The second kappa shape index (κ2) is 8.37. The molecule has 3 N–H and O–H groups in total. The first-order valence-corrected chi connectivity index (χ1v) is 6.40. The van der Waals surface area contributed by atoms with Gasteiger partial charge in [0.25, 0.3) is 0 Å². The molecule has 1 aromatic rings. The number of benzene rings is 1. The number of hydrogen-bond acceptors (Lipinski definition) is 3. The van der Waals surface area contributed by atoms with Crippen molar-refractivity contribution in [1.82, 2.24) is 0 Å². The molecule has 19 heavy (non-hydrogen) atoms. The fourth-order valence-electron chi connectivity index (χ4n) is 1.44. The molecular weight excluding hydrogens is 242 g/mol. The fraction of sp³-hybridized carbons (Fsp3) is 0.500. The molecule has 0 amide bonds. The van der Waals surface area contributed by atoms with Crippen LogP contribution in [0.3, 0.4) is 0 Å². The third-order valence-electron chi connectivity index (χ3n) is 2.31. The minimum absolute atomic E-state index is 0.376. The Morgan fingerprint density at radius 3 is 2.89 bits per heavy atom. The van der Waals surface area contributed by atoms with Gasteiger partial charge in [-0.3, -0.25) is 4.99 Å². The molecule has 0 heterocycles. The van der Waals surface area contributed by atoms with Crippen LogP contribution in [0.2, 0.25) is 0 Å². The number of nitrogens with zero attached hydrogens (tertiary/aromatic N) is 1. The van der Waals surface area contributed by atoms with Crippen LogP contribution in [0.4, 0.5) is 5.69 Å². The van der Waals surface area contributed by atoms with Crippen LogP contribution in [0.15, 0.2) is 29.3 Å². The van der Waals surface area contributed by atoms with Gasteiger partial charge >= 0.3 is 0 Å². The van der Waals surface area contributed by atoms with Gasteiger partial charge < -0.3 is 20.5 Å². The van der Waals surface area contributed by atoms with E-state index in [1.54, 1.807) is 7.11 Å². The topological polar surface area (TPSA) is 68.9 Å². The van der Waals surface area contributed by atoms with Crippen LogP contribution in [-0.4, -0.2) is 32.8 Å². The summed E-state index contributed by atoms with van der Waals surface area (Å²) in [7, 11) is 1.63. The Morgan fingerprint density at radius 1 is 1.42 bits per heavy atom. The van der Waals surface area contributed by atoms with Crippen LogP contribution in [0, 0.1) is 5.92 Å². The maximum absolute atomic E-state index is 5.78. The summed E-state index contributed by atoms with van der Waals surface area (Å²) in [5.41, 5.74) is 6.63. The van der Waals surface area contributed by atoms with Gasteiger partial charge in [-0.1, -0.05) is 19.9 Å². The van der Waals surface area contributed by atoms with Gasteiger partial charge in [-0.05, 0) is 18.1 Å². The molecular formula is C14H23N3O2. The number of hydrogen-bond donors (Lipinski definition) is 2. The summed E-state index contributed by atoms with van der Waals surface area (Å²) in [5, 5.41) is 3.01. The molecule has 0 bridgehead atoms. The molecule has 0 atom stereocenters. The highest BCUT2D eigenvalue weighted by atomic mass is 16.5. The number of methoxy groups -OCH3 is 1. The van der Waals surface area contributed by atoms with Crippen molar-refractivity contribution in [3.05, 3.63) is 24.3 Å². The molecule has 0 saturated carbocycles. The van der Waals surface area contributed by atoms with Crippen molar-refractivity contribution in [1.29, 1.82) is 0 Å². The summed E-state index contributed by atoms with van der Waals surface area (Å²) in [6.45, 7) is 6.11. The van der Waals surface area contributed by atoms with E-state index in [-0.39, 0.29) is 0 Å². The van der Waals surface area contributed by atoms with Gasteiger partial charge in [0.2, 0.25) is 0 Å². The molecule has 0 fully saturated rings. The molecule has 0 spiro atoms. The Hall–Kier alpha value is -1.75. The van der Waals surface area contributed by atoms with Crippen LogP contribution >= 0.6 is 0 Å². The van der Waals surface area contributed by atoms with Gasteiger partial charge in [-0.2, -0.15) is 0 Å². The molecule has 0 aliphatic carbocycles. The Kier molecular flexibility index (Phi) is 6.74. The van der Waals surface area contributed by atoms with Crippen molar-refractivity contribution in [2.75, 3.05) is 32.2 Å². The number of anilines is 1. The third-order valence-corrected chi connectivity index (χ3v) is 2.31. The summed E-state index contributed by atoms with van der Waals surface area (Å²) in [4.78, 5) is 4.19. The van der Waals surface area contributed by atoms with Gasteiger partial charge in [-0.25, -0.2) is 0 Å². The highest BCUT2D eigenvalue weighted by Crippen LogP contribution is 2.16. The van der Waals surface area contributed by atoms with E-state index in [1.165, 1.54) is 0 Å². The van der Waals surface area contributed by atoms with Crippen molar-refractivity contribution in [2.24, 2.45) is 16.6 Å². The molecule has 1 aromatic carbocycles. The highest BCUT2D eigenvalue weighted by Gasteiger charge is 1.97. The zero-order valence-electron chi connectivity index (χ0n) is 11.8. The lowest BCUT2D eigenvalue weighted by Crippen LogP contribution is -2.23. The minimum Gasteiger partial charge on any atom is -0.497 e. The SMILES string of the molecule is COc1cccc(NC(N)=NCCOCC(C)C)c1. The number of aliphatic imine (C=N–C) groups is 1. The van der Waals surface area contributed by atoms with Crippen LogP contribution in [-0.2, 0) is 4.74 Å². The maximum atomic E-state index is 5.78. The molecule has 1 rings (SSSR count). The Bertz CT molecular complexity index is 405. The molecule has 5 heteroatoms. The lowest BCUT2D eigenvalue weighted by atomic mass is 10.2. The van der Waals surface area contributed by atoms with Crippen molar-refractivity contribution < 1.29 is 9.47 Å². The van der Waals surface area contributed by atoms with Crippen molar-refractivity contribution in [3.8, 4) is 5.75 Å². The Balaban J connectivity index is 2.34. The number of nitrogens with two attached hydrogens (primary N) is 1. The first kappa shape index (κ1) is 15.3. The molecule has 0 unspecified atom stereocenters. The lowest BCUT2D eigenvalue weighted by Gasteiger charge is -2.08. The van der Waals surface area contributed by atoms with Gasteiger partial charge in [0.1, 0.15) is 5.75 Å². The zero-order valence-corrected chi connectivity index (χ0v) is 11.8. The van der Waals surface area contributed by atoms with Gasteiger partial charge in [-0.15, -0.1) is 0 Å². The normalized spacial score (nSPS) is 11.7. The summed E-state index contributed by atoms with van der Waals surface area (Å²) >= 11 is 0. The molecule has 106 valence electrons. The first-order valence-electron chi connectivity index (χ1n) is 6.40. The predicted molar refractivity (Wildman–Crippen MR) is 78.8 cm³/mol. The van der Waals surface area contributed by atoms with E-state index >= 15 is 0 Å².